The molecule has 0 saturated carbocycles. The molecule has 0 aliphatic heterocycles. The van der Waals surface area contributed by atoms with Gasteiger partial charge in [0.05, 0.1) is 6.54 Å². The molecule has 0 radical (unpaired) electrons. The van der Waals surface area contributed by atoms with Crippen LogP contribution in [0.25, 0.3) is 0 Å². The van der Waals surface area contributed by atoms with Crippen LogP contribution in [0, 0.1) is 5.82 Å². The maximum atomic E-state index is 13.1. The molecular weight excluding hydrogens is 295 g/mol. The molecule has 0 fully saturated rings. The Labute approximate surface area is 134 Å². The molecule has 0 saturated heterocycles. The summed E-state index contributed by atoms with van der Waals surface area (Å²) < 4.78 is 13.1. The molecule has 0 bridgehead atoms. The number of carbonyl (C=O) groups excluding carboxylic acids is 2. The van der Waals surface area contributed by atoms with Crippen molar-refractivity contribution in [3.8, 4) is 0 Å². The maximum Gasteiger partial charge on any atom is 0.238 e. The number of nitrogens with one attached hydrogen (secondary N) is 1. The second-order valence-electron chi connectivity index (χ2n) is 5.48. The number of halogens is 1. The average molecular weight is 314 g/mol. The molecule has 23 heavy (non-hydrogen) atoms. The van der Waals surface area contributed by atoms with E-state index in [9.17, 15) is 14.0 Å². The summed E-state index contributed by atoms with van der Waals surface area (Å²) in [5, 5.41) is 2.77. The number of hydrogen-bond donors (Lipinski definition) is 1. The first-order valence-electron chi connectivity index (χ1n) is 7.28. The van der Waals surface area contributed by atoms with Gasteiger partial charge in [0.25, 0.3) is 0 Å². The van der Waals surface area contributed by atoms with Gasteiger partial charge in [-0.2, -0.15) is 0 Å². The highest BCUT2D eigenvalue weighted by Gasteiger charge is 2.08. The molecule has 5 heteroatoms. The molecule has 120 valence electrons. The molecule has 2 aromatic rings. The third-order valence-corrected chi connectivity index (χ3v) is 3.33. The normalized spacial score (nSPS) is 10.6. The highest BCUT2D eigenvalue weighted by Crippen LogP contribution is 2.10. The number of anilines is 1. The Morgan fingerprint density at radius 1 is 1.13 bits per heavy atom. The average Bonchev–Trinajstić information content (AvgIpc) is 2.47. The zero-order chi connectivity index (χ0) is 16.8. The van der Waals surface area contributed by atoms with E-state index in [1.807, 2.05) is 6.07 Å². The molecule has 0 unspecified atom stereocenters. The quantitative estimate of drug-likeness (QED) is 0.834. The maximum absolute atomic E-state index is 13.1. The third kappa shape index (κ3) is 5.30. The minimum Gasteiger partial charge on any atom is -0.325 e. The monoisotopic (exact) mass is 314 g/mol. The molecule has 1 N–H and O–H groups in total. The first kappa shape index (κ1) is 16.8. The Kier molecular flexibility index (Phi) is 5.60. The number of Topliss-reactive ketones (excluding diaryl/α,β-unsaturated/α-hetero) is 1. The SMILES string of the molecule is CC(=O)c1ccc(NC(=O)CN(C)Cc2cccc(F)c2)cc1. The Morgan fingerprint density at radius 2 is 1.83 bits per heavy atom. The van der Waals surface area contributed by atoms with Crippen LogP contribution < -0.4 is 5.32 Å². The van der Waals surface area contributed by atoms with Gasteiger partial charge in [0.2, 0.25) is 5.91 Å². The van der Waals surface area contributed by atoms with Crippen molar-refractivity contribution in [3.05, 3.63) is 65.5 Å². The van der Waals surface area contributed by atoms with E-state index < -0.39 is 0 Å². The fraction of sp³-hybridized carbons (Fsp3) is 0.222. The van der Waals surface area contributed by atoms with Crippen molar-refractivity contribution < 1.29 is 14.0 Å². The molecule has 4 nitrogen and oxygen atoms in total. The number of amides is 1. The van der Waals surface area contributed by atoms with Crippen LogP contribution in [0.4, 0.5) is 10.1 Å². The van der Waals surface area contributed by atoms with Crippen molar-refractivity contribution in [2.45, 2.75) is 13.5 Å². The zero-order valence-corrected chi connectivity index (χ0v) is 13.2. The fourth-order valence-corrected chi connectivity index (χ4v) is 2.24. The van der Waals surface area contributed by atoms with Gasteiger partial charge in [-0.3, -0.25) is 14.5 Å². The number of ketones is 1. The van der Waals surface area contributed by atoms with Crippen molar-refractivity contribution in [3.63, 3.8) is 0 Å². The van der Waals surface area contributed by atoms with Crippen LogP contribution in [0.1, 0.15) is 22.8 Å². The molecule has 0 atom stereocenters. The van der Waals surface area contributed by atoms with E-state index in [2.05, 4.69) is 5.32 Å². The van der Waals surface area contributed by atoms with Gasteiger partial charge in [0.1, 0.15) is 5.82 Å². The lowest BCUT2D eigenvalue weighted by molar-refractivity contribution is -0.117. The summed E-state index contributed by atoms with van der Waals surface area (Å²) in [5.74, 6) is -0.469. The van der Waals surface area contributed by atoms with E-state index in [4.69, 9.17) is 0 Å². The number of carbonyl (C=O) groups is 2. The van der Waals surface area contributed by atoms with E-state index in [0.29, 0.717) is 17.8 Å². The molecule has 0 aromatic heterocycles. The molecule has 0 aliphatic rings. The van der Waals surface area contributed by atoms with Crippen molar-refractivity contribution in [2.75, 3.05) is 18.9 Å². The Morgan fingerprint density at radius 3 is 2.43 bits per heavy atom. The molecule has 1 amide bonds. The van der Waals surface area contributed by atoms with Crippen LogP contribution in [-0.2, 0) is 11.3 Å². The predicted octanol–water partition coefficient (Wildman–Crippen LogP) is 3.10. The van der Waals surface area contributed by atoms with Crippen molar-refractivity contribution in [2.24, 2.45) is 0 Å². The van der Waals surface area contributed by atoms with Crippen molar-refractivity contribution in [1.82, 2.24) is 4.90 Å². The largest absolute Gasteiger partial charge is 0.325 e. The molecular formula is C18H19FN2O2. The van der Waals surface area contributed by atoms with E-state index in [0.717, 1.165) is 5.56 Å². The number of likely N-dealkylation sites (N-methyl/N-ethyl adjacent to an activating group) is 1. The summed E-state index contributed by atoms with van der Waals surface area (Å²) in [6, 6.07) is 13.0. The van der Waals surface area contributed by atoms with Gasteiger partial charge in [0, 0.05) is 17.8 Å². The van der Waals surface area contributed by atoms with Crippen molar-refractivity contribution in [1.29, 1.82) is 0 Å². The van der Waals surface area contributed by atoms with Gasteiger partial charge in [-0.05, 0) is 55.9 Å². The van der Waals surface area contributed by atoms with E-state index >= 15 is 0 Å². The van der Waals surface area contributed by atoms with Crippen LogP contribution in [-0.4, -0.2) is 30.2 Å². The standard InChI is InChI=1S/C18H19FN2O2/c1-13(22)15-6-8-17(9-7-15)20-18(23)12-21(2)11-14-4-3-5-16(19)10-14/h3-10H,11-12H2,1-2H3,(H,20,23). The van der Waals surface area contributed by atoms with Crippen molar-refractivity contribution >= 4 is 17.4 Å². The van der Waals surface area contributed by atoms with Crippen LogP contribution in [0.2, 0.25) is 0 Å². The first-order chi connectivity index (χ1) is 10.9. The Hall–Kier alpha value is -2.53. The smallest absolute Gasteiger partial charge is 0.238 e. The second kappa shape index (κ2) is 7.65. The molecule has 0 aliphatic carbocycles. The van der Waals surface area contributed by atoms with Gasteiger partial charge in [-0.25, -0.2) is 4.39 Å². The minimum absolute atomic E-state index is 0.0160. The highest BCUT2D eigenvalue weighted by atomic mass is 19.1. The second-order valence-corrected chi connectivity index (χ2v) is 5.48. The summed E-state index contributed by atoms with van der Waals surface area (Å²) in [6.07, 6.45) is 0. The van der Waals surface area contributed by atoms with Crippen LogP contribution in [0.5, 0.6) is 0 Å². The molecule has 2 aromatic carbocycles. The zero-order valence-electron chi connectivity index (χ0n) is 13.2. The lowest BCUT2D eigenvalue weighted by Gasteiger charge is -2.16. The molecule has 0 heterocycles. The van der Waals surface area contributed by atoms with Gasteiger partial charge in [0.15, 0.2) is 5.78 Å². The minimum atomic E-state index is -0.286. The number of benzene rings is 2. The number of rotatable bonds is 6. The summed E-state index contributed by atoms with van der Waals surface area (Å²) in [4.78, 5) is 25.0. The number of nitrogens with zero attached hydrogens (tertiary/aromatic N) is 1. The Bertz CT molecular complexity index is 698. The fourth-order valence-electron chi connectivity index (χ4n) is 2.24. The summed E-state index contributed by atoms with van der Waals surface area (Å²) in [6.45, 7) is 2.16. The lowest BCUT2D eigenvalue weighted by atomic mass is 10.1. The lowest BCUT2D eigenvalue weighted by Crippen LogP contribution is -2.29. The number of hydrogen-bond acceptors (Lipinski definition) is 3. The van der Waals surface area contributed by atoms with Gasteiger partial charge >= 0.3 is 0 Å². The molecule has 2 rings (SSSR count). The van der Waals surface area contributed by atoms with E-state index in [1.165, 1.54) is 19.1 Å². The third-order valence-electron chi connectivity index (χ3n) is 3.33. The van der Waals surface area contributed by atoms with Crippen LogP contribution in [0.15, 0.2) is 48.5 Å². The van der Waals surface area contributed by atoms with Gasteiger partial charge < -0.3 is 5.32 Å². The predicted molar refractivity (Wildman–Crippen MR) is 87.8 cm³/mol. The van der Waals surface area contributed by atoms with Gasteiger partial charge in [-0.15, -0.1) is 0 Å². The Balaban J connectivity index is 1.87. The summed E-state index contributed by atoms with van der Waals surface area (Å²) in [7, 11) is 1.79. The van der Waals surface area contributed by atoms with E-state index in [1.54, 1.807) is 42.3 Å². The van der Waals surface area contributed by atoms with Crippen LogP contribution in [0.3, 0.4) is 0 Å². The summed E-state index contributed by atoms with van der Waals surface area (Å²) in [5.41, 5.74) is 2.05. The topological polar surface area (TPSA) is 49.4 Å². The first-order valence-corrected chi connectivity index (χ1v) is 7.28. The molecule has 0 spiro atoms. The highest BCUT2D eigenvalue weighted by molar-refractivity contribution is 5.96. The van der Waals surface area contributed by atoms with Crippen LogP contribution >= 0.6 is 0 Å². The van der Waals surface area contributed by atoms with Gasteiger partial charge in [-0.1, -0.05) is 12.1 Å². The van der Waals surface area contributed by atoms with E-state index in [-0.39, 0.29) is 24.1 Å². The summed E-state index contributed by atoms with van der Waals surface area (Å²) >= 11 is 0.